The van der Waals surface area contributed by atoms with Gasteiger partial charge in [0, 0.05) is 22.4 Å². The van der Waals surface area contributed by atoms with Crippen molar-refractivity contribution in [2.75, 3.05) is 5.32 Å². The number of fused-ring (bicyclic) bond motifs is 5. The van der Waals surface area contributed by atoms with Crippen LogP contribution in [0.3, 0.4) is 0 Å². The summed E-state index contributed by atoms with van der Waals surface area (Å²) in [5.74, 6) is 1.64. The van der Waals surface area contributed by atoms with Crippen LogP contribution in [0, 0.1) is 6.92 Å². The van der Waals surface area contributed by atoms with Gasteiger partial charge < -0.3 is 10.1 Å². The zero-order valence-corrected chi connectivity index (χ0v) is 28.2. The fourth-order valence-corrected chi connectivity index (χ4v) is 6.05. The summed E-state index contributed by atoms with van der Waals surface area (Å²) in [7, 11) is 0. The summed E-state index contributed by atoms with van der Waals surface area (Å²) >= 11 is 0. The summed E-state index contributed by atoms with van der Waals surface area (Å²) in [4.78, 5) is 0. The van der Waals surface area contributed by atoms with Crippen molar-refractivity contribution < 1.29 is 4.74 Å². The van der Waals surface area contributed by atoms with E-state index in [1.807, 2.05) is 55.5 Å². The summed E-state index contributed by atoms with van der Waals surface area (Å²) in [6, 6.07) is 39.8. The van der Waals surface area contributed by atoms with Crippen molar-refractivity contribution in [2.45, 2.75) is 20.3 Å². The molecule has 0 saturated carbocycles. The van der Waals surface area contributed by atoms with Gasteiger partial charge in [0.25, 0.3) is 0 Å². The molecule has 2 heteroatoms. The molecule has 5 aromatic carbocycles. The maximum atomic E-state index is 6.69. The highest BCUT2D eigenvalue weighted by Gasteiger charge is 2.25. The van der Waals surface area contributed by atoms with E-state index in [1.165, 1.54) is 22.3 Å². The molecule has 0 unspecified atom stereocenters. The Bertz CT molecular complexity index is 2120. The van der Waals surface area contributed by atoms with E-state index >= 15 is 0 Å². The first-order valence-electron chi connectivity index (χ1n) is 16.7. The Morgan fingerprint density at radius 1 is 0.735 bits per heavy atom. The molecule has 1 heterocycles. The molecule has 0 fully saturated rings. The van der Waals surface area contributed by atoms with Crippen molar-refractivity contribution in [2.24, 2.45) is 0 Å². The van der Waals surface area contributed by atoms with Gasteiger partial charge in [-0.1, -0.05) is 164 Å². The maximum Gasteiger partial charge on any atom is 0.159 e. The molecule has 0 aromatic heterocycles. The van der Waals surface area contributed by atoms with E-state index in [-0.39, 0.29) is 0 Å². The molecule has 1 aliphatic heterocycles. The van der Waals surface area contributed by atoms with Gasteiger partial charge in [0.2, 0.25) is 0 Å². The van der Waals surface area contributed by atoms with Crippen LogP contribution in [0.2, 0.25) is 0 Å². The smallest absolute Gasteiger partial charge is 0.159 e. The fourth-order valence-electron chi connectivity index (χ4n) is 6.05. The van der Waals surface area contributed by atoms with Crippen molar-refractivity contribution >= 4 is 22.5 Å². The molecule has 240 valence electrons. The standard InChI is InChI=1S/C32H27NO.C15H14/c1-4-5-6-11-23(3)25-20-21-29-27-13-8-7-12-26(27)28-14-9-10-15-30(28)34-32(29)31(25)33-24-18-16-22(2)17-19-24;1-2-15(13-9-5-3-6-10-13)14-11-7-4-8-12-14/h4-21,33H,3H2,1-2H3;2-11H,1,12H2/b5-4-,11-6-;15-14+. The average molecular weight is 636 g/mol. The fraction of sp³-hybridized carbons (Fsp3) is 0.0638. The number of benzene rings is 5. The highest BCUT2D eigenvalue weighted by atomic mass is 16.5. The highest BCUT2D eigenvalue weighted by molar-refractivity contribution is 5.97. The van der Waals surface area contributed by atoms with Gasteiger partial charge in [-0.05, 0) is 77.9 Å². The Morgan fingerprint density at radius 2 is 1.43 bits per heavy atom. The first-order chi connectivity index (χ1) is 24.1. The van der Waals surface area contributed by atoms with Crippen molar-refractivity contribution in [3.63, 3.8) is 0 Å². The van der Waals surface area contributed by atoms with Crippen LogP contribution in [0.5, 0.6) is 11.5 Å². The Hall–Kier alpha value is -6.12. The van der Waals surface area contributed by atoms with Gasteiger partial charge in [-0.2, -0.15) is 0 Å². The molecule has 49 heavy (non-hydrogen) atoms. The van der Waals surface area contributed by atoms with Crippen LogP contribution < -0.4 is 10.1 Å². The van der Waals surface area contributed by atoms with Crippen LogP contribution in [-0.2, 0) is 0 Å². The van der Waals surface area contributed by atoms with Crippen LogP contribution in [0.25, 0.3) is 33.4 Å². The molecule has 7 rings (SSSR count). The number of nitrogens with one attached hydrogen (secondary N) is 1. The zero-order valence-electron chi connectivity index (χ0n) is 28.2. The molecule has 5 aromatic rings. The monoisotopic (exact) mass is 635 g/mol. The van der Waals surface area contributed by atoms with E-state index < -0.39 is 0 Å². The molecule has 0 radical (unpaired) electrons. The Balaban J connectivity index is 0.000000232. The van der Waals surface area contributed by atoms with Crippen LogP contribution in [0.4, 0.5) is 11.4 Å². The van der Waals surface area contributed by atoms with Crippen LogP contribution in [0.1, 0.15) is 30.0 Å². The minimum atomic E-state index is 0.802. The molecular formula is C47H41NO. The lowest BCUT2D eigenvalue weighted by molar-refractivity contribution is 0.490. The van der Waals surface area contributed by atoms with Gasteiger partial charge in [0.15, 0.2) is 5.75 Å². The minimum absolute atomic E-state index is 0.802. The quantitative estimate of drug-likeness (QED) is 0.176. The Morgan fingerprint density at radius 3 is 2.12 bits per heavy atom. The van der Waals surface area contributed by atoms with Crippen LogP contribution >= 0.6 is 0 Å². The maximum absolute atomic E-state index is 6.69. The van der Waals surface area contributed by atoms with E-state index in [9.17, 15) is 0 Å². The molecule has 2 nitrogen and oxygen atoms in total. The normalized spacial score (nSPS) is 13.7. The summed E-state index contributed by atoms with van der Waals surface area (Å²) < 4.78 is 6.69. The number of aryl methyl sites for hydroxylation is 1. The predicted octanol–water partition coefficient (Wildman–Crippen LogP) is 13.5. The molecule has 0 saturated heterocycles. The second kappa shape index (κ2) is 15.6. The number of anilines is 2. The summed E-state index contributed by atoms with van der Waals surface area (Å²) in [6.07, 6.45) is 19.5. The molecule has 0 spiro atoms. The minimum Gasteiger partial charge on any atom is -0.454 e. The first-order valence-corrected chi connectivity index (χ1v) is 16.7. The van der Waals surface area contributed by atoms with E-state index in [4.69, 9.17) is 4.74 Å². The van der Waals surface area contributed by atoms with E-state index in [1.54, 1.807) is 0 Å². The van der Waals surface area contributed by atoms with Crippen molar-refractivity contribution in [3.8, 4) is 33.8 Å². The van der Waals surface area contributed by atoms with Crippen molar-refractivity contribution in [1.82, 2.24) is 0 Å². The van der Waals surface area contributed by atoms with E-state index in [2.05, 4.69) is 147 Å². The highest BCUT2D eigenvalue weighted by Crippen LogP contribution is 2.51. The van der Waals surface area contributed by atoms with Gasteiger partial charge in [0.1, 0.15) is 5.75 Å². The molecule has 1 N–H and O–H groups in total. The SMILES string of the molecule is C=C(/C=C\C=C/C)c1ccc2c(c1Nc1ccc(C)cc1)Oc1ccccc1-c1ccccc1-2.C=C/C(=C1/C=CC=CC1)c1ccccc1. The lowest BCUT2D eigenvalue weighted by Gasteiger charge is -2.20. The topological polar surface area (TPSA) is 21.3 Å². The number of hydrogen-bond donors (Lipinski definition) is 1. The molecule has 0 amide bonds. The van der Waals surface area contributed by atoms with Gasteiger partial charge in [-0.25, -0.2) is 0 Å². The summed E-state index contributed by atoms with van der Waals surface area (Å²) in [5.41, 5.74) is 13.3. The number of hydrogen-bond acceptors (Lipinski definition) is 2. The van der Waals surface area contributed by atoms with Gasteiger partial charge >= 0.3 is 0 Å². The molecule has 0 atom stereocenters. The van der Waals surface area contributed by atoms with Crippen molar-refractivity contribution in [3.05, 3.63) is 205 Å². The van der Waals surface area contributed by atoms with Gasteiger partial charge in [0.05, 0.1) is 5.69 Å². The average Bonchev–Trinajstić information content (AvgIpc) is 3.29. The third kappa shape index (κ3) is 7.56. The third-order valence-corrected chi connectivity index (χ3v) is 8.55. The van der Waals surface area contributed by atoms with E-state index in [0.29, 0.717) is 0 Å². The van der Waals surface area contributed by atoms with Crippen LogP contribution in [-0.4, -0.2) is 0 Å². The molecule has 2 aliphatic rings. The second-order valence-corrected chi connectivity index (χ2v) is 11.9. The molecule has 0 bridgehead atoms. The lowest BCUT2D eigenvalue weighted by atomic mass is 9.92. The first kappa shape index (κ1) is 32.8. The van der Waals surface area contributed by atoms with Gasteiger partial charge in [-0.15, -0.1) is 0 Å². The largest absolute Gasteiger partial charge is 0.454 e. The van der Waals surface area contributed by atoms with E-state index in [0.717, 1.165) is 62.7 Å². The summed E-state index contributed by atoms with van der Waals surface area (Å²) in [5, 5.41) is 3.65. The Labute approximate surface area is 291 Å². The summed E-state index contributed by atoms with van der Waals surface area (Å²) in [6.45, 7) is 12.3. The predicted molar refractivity (Wildman–Crippen MR) is 211 cm³/mol. The second-order valence-electron chi connectivity index (χ2n) is 11.9. The van der Waals surface area contributed by atoms with Gasteiger partial charge in [-0.3, -0.25) is 0 Å². The Kier molecular flexibility index (Phi) is 10.5. The molecular weight excluding hydrogens is 595 g/mol. The number of allylic oxidation sites excluding steroid dienone is 12. The number of para-hydroxylation sites is 1. The van der Waals surface area contributed by atoms with Crippen LogP contribution in [0.15, 0.2) is 189 Å². The number of rotatable bonds is 7. The van der Waals surface area contributed by atoms with Crippen molar-refractivity contribution in [1.29, 1.82) is 0 Å². The number of ether oxygens (including phenoxy) is 1. The third-order valence-electron chi connectivity index (χ3n) is 8.55. The lowest BCUT2D eigenvalue weighted by Crippen LogP contribution is -2.00. The molecule has 1 aliphatic carbocycles. The zero-order chi connectivity index (χ0) is 34.0.